The molecule has 0 spiro atoms. The molecule has 0 bridgehead atoms. The van der Waals surface area contributed by atoms with Crippen molar-refractivity contribution in [2.24, 2.45) is 5.92 Å². The Bertz CT molecular complexity index is 314. The molecule has 0 fully saturated rings. The minimum atomic E-state index is -0.955. The van der Waals surface area contributed by atoms with Crippen LogP contribution in [0.25, 0.3) is 0 Å². The largest absolute Gasteiger partial charge is 0.465 e. The number of hydrogen-bond donors (Lipinski definition) is 1. The minimum absolute atomic E-state index is 0.00653. The maximum absolute atomic E-state index is 11.8. The number of carbonyl (C=O) groups excluding carboxylic acids is 1. The second-order valence-electron chi connectivity index (χ2n) is 5.97. The van der Waals surface area contributed by atoms with Crippen LogP contribution in [0.15, 0.2) is 0 Å². The lowest BCUT2D eigenvalue weighted by Crippen LogP contribution is -2.49. The molecule has 2 amide bonds. The molecule has 0 rings (SSSR count). The Labute approximate surface area is 124 Å². The van der Waals surface area contributed by atoms with Gasteiger partial charge in [-0.25, -0.2) is 4.79 Å². The number of carbonyl (C=O) groups is 2. The lowest BCUT2D eigenvalue weighted by atomic mass is 10.1. The van der Waals surface area contributed by atoms with Crippen LogP contribution >= 0.6 is 15.9 Å². The molecule has 0 aromatic heterocycles. The Hall–Kier alpha value is -0.780. The fourth-order valence-electron chi connectivity index (χ4n) is 1.78. The maximum atomic E-state index is 11.8. The van der Waals surface area contributed by atoms with Crippen molar-refractivity contribution in [2.75, 3.05) is 25.0 Å². The summed E-state index contributed by atoms with van der Waals surface area (Å²) in [4.78, 5) is 26.1. The monoisotopic (exact) mass is 336 g/mol. The number of hydrogen-bond acceptors (Lipinski definition) is 2. The fraction of sp³-hybridized carbons (Fsp3) is 0.846. The third-order valence-corrected chi connectivity index (χ3v) is 3.17. The van der Waals surface area contributed by atoms with Gasteiger partial charge in [-0.15, -0.1) is 0 Å². The van der Waals surface area contributed by atoms with Crippen molar-refractivity contribution in [3.8, 4) is 0 Å². The van der Waals surface area contributed by atoms with Gasteiger partial charge in [0.1, 0.15) is 0 Å². The molecule has 112 valence electrons. The molecule has 0 atom stereocenters. The highest BCUT2D eigenvalue weighted by Gasteiger charge is 2.27. The topological polar surface area (TPSA) is 60.9 Å². The number of alkyl halides is 1. The zero-order valence-electron chi connectivity index (χ0n) is 12.4. The van der Waals surface area contributed by atoms with Crippen molar-refractivity contribution in [1.82, 2.24) is 9.80 Å². The molecule has 0 saturated carbocycles. The van der Waals surface area contributed by atoms with Crippen LogP contribution in [0.1, 0.15) is 34.6 Å². The summed E-state index contributed by atoms with van der Waals surface area (Å²) in [5.41, 5.74) is -0.465. The second-order valence-corrected chi connectivity index (χ2v) is 6.53. The number of amides is 2. The van der Waals surface area contributed by atoms with Crippen molar-refractivity contribution in [2.45, 2.75) is 40.2 Å². The summed E-state index contributed by atoms with van der Waals surface area (Å²) in [6, 6.07) is 0. The van der Waals surface area contributed by atoms with Gasteiger partial charge in [0.15, 0.2) is 0 Å². The van der Waals surface area contributed by atoms with Gasteiger partial charge in [-0.3, -0.25) is 4.79 Å². The summed E-state index contributed by atoms with van der Waals surface area (Å²) >= 11 is 3.16. The molecule has 0 aliphatic rings. The van der Waals surface area contributed by atoms with Gasteiger partial charge in [0.05, 0.1) is 5.33 Å². The average molecular weight is 337 g/mol. The molecule has 1 N–H and O–H groups in total. The summed E-state index contributed by atoms with van der Waals surface area (Å²) in [6.07, 6.45) is -0.955. The Morgan fingerprint density at radius 1 is 1.21 bits per heavy atom. The van der Waals surface area contributed by atoms with E-state index in [-0.39, 0.29) is 11.2 Å². The molecule has 19 heavy (non-hydrogen) atoms. The lowest BCUT2D eigenvalue weighted by Gasteiger charge is -2.35. The standard InChI is InChI=1S/C13H25BrN2O3/c1-10(2)9-15(11(17)8-14)6-7-16(12(18)19)13(3,4)5/h10H,6-9H2,1-5H3,(H,18,19). The summed E-state index contributed by atoms with van der Waals surface area (Å²) in [6.45, 7) is 11.0. The van der Waals surface area contributed by atoms with Gasteiger partial charge in [0, 0.05) is 25.2 Å². The molecule has 0 heterocycles. The Kier molecular flexibility index (Phi) is 7.41. The summed E-state index contributed by atoms with van der Waals surface area (Å²) < 4.78 is 0. The van der Waals surface area contributed by atoms with Crippen molar-refractivity contribution in [3.05, 3.63) is 0 Å². The quantitative estimate of drug-likeness (QED) is 0.758. The SMILES string of the molecule is CC(C)CN(CCN(C(=O)O)C(C)(C)C)C(=O)CBr. The fourth-order valence-corrected chi connectivity index (χ4v) is 2.14. The highest BCUT2D eigenvalue weighted by Crippen LogP contribution is 2.13. The van der Waals surface area contributed by atoms with E-state index in [1.54, 1.807) is 4.90 Å². The summed E-state index contributed by atoms with van der Waals surface area (Å²) in [5.74, 6) is 0.351. The van der Waals surface area contributed by atoms with Crippen molar-refractivity contribution in [1.29, 1.82) is 0 Å². The van der Waals surface area contributed by atoms with E-state index < -0.39 is 11.6 Å². The predicted octanol–water partition coefficient (Wildman–Crippen LogP) is 2.64. The van der Waals surface area contributed by atoms with Crippen LogP contribution in [0, 0.1) is 5.92 Å². The van der Waals surface area contributed by atoms with Gasteiger partial charge in [-0.05, 0) is 26.7 Å². The lowest BCUT2D eigenvalue weighted by molar-refractivity contribution is -0.129. The van der Waals surface area contributed by atoms with E-state index in [0.717, 1.165) is 0 Å². The van der Waals surface area contributed by atoms with Crippen LogP contribution in [0.2, 0.25) is 0 Å². The van der Waals surface area contributed by atoms with Gasteiger partial charge >= 0.3 is 6.09 Å². The molecular formula is C13H25BrN2O3. The Morgan fingerprint density at radius 2 is 1.74 bits per heavy atom. The van der Waals surface area contributed by atoms with Crippen molar-refractivity contribution in [3.63, 3.8) is 0 Å². The highest BCUT2D eigenvalue weighted by molar-refractivity contribution is 9.09. The van der Waals surface area contributed by atoms with Gasteiger partial charge < -0.3 is 14.9 Å². The van der Waals surface area contributed by atoms with Crippen LogP contribution in [0.4, 0.5) is 4.79 Å². The van der Waals surface area contributed by atoms with Crippen LogP contribution < -0.4 is 0 Å². The third-order valence-electron chi connectivity index (χ3n) is 2.69. The van der Waals surface area contributed by atoms with Gasteiger partial charge in [0.2, 0.25) is 5.91 Å². The van der Waals surface area contributed by atoms with E-state index in [1.807, 2.05) is 34.6 Å². The Morgan fingerprint density at radius 3 is 2.05 bits per heavy atom. The van der Waals surface area contributed by atoms with E-state index in [9.17, 15) is 14.7 Å². The molecule has 0 radical (unpaired) electrons. The number of halogens is 1. The molecule has 0 aliphatic heterocycles. The summed E-state index contributed by atoms with van der Waals surface area (Å²) in [5, 5.41) is 9.48. The first kappa shape index (κ1) is 18.2. The average Bonchev–Trinajstić information content (AvgIpc) is 2.23. The van der Waals surface area contributed by atoms with E-state index in [4.69, 9.17) is 0 Å². The number of rotatable bonds is 6. The molecule has 0 aromatic carbocycles. The van der Waals surface area contributed by atoms with Crippen LogP contribution in [-0.4, -0.2) is 57.4 Å². The molecule has 0 aromatic rings. The van der Waals surface area contributed by atoms with Crippen molar-refractivity contribution < 1.29 is 14.7 Å². The number of nitrogens with zero attached hydrogens (tertiary/aromatic N) is 2. The zero-order chi connectivity index (χ0) is 15.2. The molecule has 0 saturated heterocycles. The summed E-state index contributed by atoms with van der Waals surface area (Å²) in [7, 11) is 0. The first-order valence-electron chi connectivity index (χ1n) is 6.44. The van der Waals surface area contributed by atoms with Gasteiger partial charge in [-0.1, -0.05) is 29.8 Å². The highest BCUT2D eigenvalue weighted by atomic mass is 79.9. The molecule has 0 unspecified atom stereocenters. The molecule has 5 nitrogen and oxygen atoms in total. The smallest absolute Gasteiger partial charge is 0.407 e. The second kappa shape index (κ2) is 7.72. The molecule has 6 heteroatoms. The maximum Gasteiger partial charge on any atom is 0.407 e. The minimum Gasteiger partial charge on any atom is -0.465 e. The number of carboxylic acid groups (broad SMARTS) is 1. The van der Waals surface area contributed by atoms with Crippen molar-refractivity contribution >= 4 is 27.9 Å². The van der Waals surface area contributed by atoms with Crippen LogP contribution in [0.5, 0.6) is 0 Å². The Balaban J connectivity index is 4.68. The van der Waals surface area contributed by atoms with E-state index >= 15 is 0 Å². The first-order valence-corrected chi connectivity index (χ1v) is 7.56. The third kappa shape index (κ3) is 6.80. The van der Waals surface area contributed by atoms with E-state index in [0.29, 0.717) is 25.6 Å². The van der Waals surface area contributed by atoms with E-state index in [1.165, 1.54) is 4.90 Å². The molecule has 0 aliphatic carbocycles. The zero-order valence-corrected chi connectivity index (χ0v) is 14.0. The van der Waals surface area contributed by atoms with Gasteiger partial charge in [0.25, 0.3) is 0 Å². The normalized spacial score (nSPS) is 11.5. The molecular weight excluding hydrogens is 312 g/mol. The first-order chi connectivity index (χ1) is 8.59. The van der Waals surface area contributed by atoms with Gasteiger partial charge in [-0.2, -0.15) is 0 Å². The van der Waals surface area contributed by atoms with Crippen LogP contribution in [-0.2, 0) is 4.79 Å². The predicted molar refractivity (Wildman–Crippen MR) is 79.7 cm³/mol. The van der Waals surface area contributed by atoms with Crippen LogP contribution in [0.3, 0.4) is 0 Å². The van der Waals surface area contributed by atoms with E-state index in [2.05, 4.69) is 15.9 Å².